The van der Waals surface area contributed by atoms with Crippen molar-refractivity contribution in [3.63, 3.8) is 0 Å². The van der Waals surface area contributed by atoms with Gasteiger partial charge >= 0.3 is 0 Å². The molecule has 0 unspecified atom stereocenters. The average molecular weight is 438 g/mol. The van der Waals surface area contributed by atoms with E-state index in [1.54, 1.807) is 0 Å². The van der Waals surface area contributed by atoms with Crippen LogP contribution < -0.4 is 10.1 Å². The Kier molecular flexibility index (Phi) is 6.01. The number of nitrogens with one attached hydrogen (secondary N) is 1. The van der Waals surface area contributed by atoms with Gasteiger partial charge in [-0.05, 0) is 47.7 Å². The molecule has 7 nitrogen and oxygen atoms in total. The molecule has 0 aromatic heterocycles. The van der Waals surface area contributed by atoms with Crippen molar-refractivity contribution >= 4 is 40.6 Å². The molecule has 156 valence electrons. The summed E-state index contributed by atoms with van der Waals surface area (Å²) in [7, 11) is 1.35. The van der Waals surface area contributed by atoms with Crippen LogP contribution in [0.2, 0.25) is 0 Å². The van der Waals surface area contributed by atoms with Gasteiger partial charge in [-0.25, -0.2) is 13.2 Å². The lowest BCUT2D eigenvalue weighted by Crippen LogP contribution is -2.36. The molecule has 0 bridgehead atoms. The number of imide groups is 1. The molecule has 1 heterocycles. The van der Waals surface area contributed by atoms with Crippen LogP contribution in [0, 0.1) is 17.5 Å². The molecule has 2 aromatic carbocycles. The van der Waals surface area contributed by atoms with E-state index in [2.05, 4.69) is 0 Å². The highest BCUT2D eigenvalue weighted by molar-refractivity contribution is 8.18. The Bertz CT molecular complexity index is 1090. The molecule has 1 aliphatic rings. The van der Waals surface area contributed by atoms with Crippen LogP contribution in [0.25, 0.3) is 6.08 Å². The number of nitrogens with zero attached hydrogens (tertiary/aromatic N) is 1. The fourth-order valence-corrected chi connectivity index (χ4v) is 3.37. The maximum atomic E-state index is 13.7. The maximum Gasteiger partial charge on any atom is 0.294 e. The minimum absolute atomic E-state index is 0.0135. The highest BCUT2D eigenvalue weighted by Gasteiger charge is 2.36. The molecule has 1 saturated heterocycles. The number of phenolic OH excluding ortho intramolecular Hbond substituents is 1. The predicted octanol–water partition coefficient (Wildman–Crippen LogP) is 3.49. The predicted molar refractivity (Wildman–Crippen MR) is 102 cm³/mol. The second-order valence-corrected chi connectivity index (χ2v) is 6.96. The van der Waals surface area contributed by atoms with Gasteiger partial charge in [-0.15, -0.1) is 0 Å². The number of hydrogen-bond donors (Lipinski definition) is 2. The van der Waals surface area contributed by atoms with Crippen LogP contribution in [0.4, 0.5) is 23.7 Å². The van der Waals surface area contributed by atoms with E-state index in [0.717, 1.165) is 6.07 Å². The van der Waals surface area contributed by atoms with E-state index in [1.807, 2.05) is 5.32 Å². The number of benzene rings is 2. The average Bonchev–Trinajstić information content (AvgIpc) is 2.97. The molecule has 0 atom stereocenters. The van der Waals surface area contributed by atoms with E-state index in [1.165, 1.54) is 31.4 Å². The van der Waals surface area contributed by atoms with Gasteiger partial charge in [-0.1, -0.05) is 6.07 Å². The summed E-state index contributed by atoms with van der Waals surface area (Å²) in [6.07, 6.45) is 1.37. The first-order valence-electron chi connectivity index (χ1n) is 8.27. The first-order chi connectivity index (χ1) is 14.2. The lowest BCUT2D eigenvalue weighted by atomic mass is 10.2. The topological polar surface area (TPSA) is 95.9 Å². The zero-order valence-electron chi connectivity index (χ0n) is 15.2. The van der Waals surface area contributed by atoms with E-state index in [0.29, 0.717) is 28.3 Å². The minimum atomic E-state index is -1.76. The molecule has 30 heavy (non-hydrogen) atoms. The van der Waals surface area contributed by atoms with Gasteiger partial charge in [-0.3, -0.25) is 19.3 Å². The summed E-state index contributed by atoms with van der Waals surface area (Å²) in [5.74, 6) is -6.47. The normalized spacial score (nSPS) is 15.1. The maximum absolute atomic E-state index is 13.7. The van der Waals surface area contributed by atoms with Crippen molar-refractivity contribution in [2.45, 2.75) is 0 Å². The summed E-state index contributed by atoms with van der Waals surface area (Å²) < 4.78 is 44.9. The number of aromatic hydroxyl groups is 1. The summed E-state index contributed by atoms with van der Waals surface area (Å²) in [5, 5.41) is 10.9. The number of carbonyl (C=O) groups excluding carboxylic acids is 3. The number of hydrogen-bond acceptors (Lipinski definition) is 6. The largest absolute Gasteiger partial charge is 0.504 e. The summed E-state index contributed by atoms with van der Waals surface area (Å²) >= 11 is 0.582. The lowest BCUT2D eigenvalue weighted by Gasteiger charge is -2.13. The second-order valence-electron chi connectivity index (χ2n) is 5.97. The van der Waals surface area contributed by atoms with Gasteiger partial charge in [0.05, 0.1) is 17.7 Å². The lowest BCUT2D eigenvalue weighted by molar-refractivity contribution is -0.127. The first kappa shape index (κ1) is 21.2. The molecule has 0 aliphatic carbocycles. The monoisotopic (exact) mass is 438 g/mol. The Labute approximate surface area is 172 Å². The van der Waals surface area contributed by atoms with Crippen LogP contribution in [0.3, 0.4) is 0 Å². The Morgan fingerprint density at radius 2 is 1.93 bits per heavy atom. The quantitative estimate of drug-likeness (QED) is 0.548. The molecule has 2 aromatic rings. The SMILES string of the molecule is COc1cc(/C=C2/SC(=O)N(CC(=O)Nc3ccc(F)c(F)c3F)C2=O)ccc1O. The van der Waals surface area contributed by atoms with Crippen molar-refractivity contribution in [3.05, 3.63) is 58.3 Å². The van der Waals surface area contributed by atoms with Gasteiger partial charge in [0.1, 0.15) is 6.54 Å². The molecule has 2 N–H and O–H groups in total. The number of methoxy groups -OCH3 is 1. The fourth-order valence-electron chi connectivity index (χ4n) is 2.53. The molecule has 3 amide bonds. The Hall–Kier alpha value is -3.47. The van der Waals surface area contributed by atoms with Crippen molar-refractivity contribution < 1.29 is 37.4 Å². The summed E-state index contributed by atoms with van der Waals surface area (Å²) in [4.78, 5) is 37.3. The van der Waals surface area contributed by atoms with Crippen LogP contribution in [-0.4, -0.2) is 40.7 Å². The third-order valence-corrected chi connectivity index (χ3v) is 4.89. The van der Waals surface area contributed by atoms with Crippen LogP contribution in [0.15, 0.2) is 35.2 Å². The minimum Gasteiger partial charge on any atom is -0.504 e. The van der Waals surface area contributed by atoms with Gasteiger partial charge in [0.25, 0.3) is 11.1 Å². The third-order valence-electron chi connectivity index (χ3n) is 3.99. The molecule has 1 fully saturated rings. The van der Waals surface area contributed by atoms with Crippen LogP contribution in [0.5, 0.6) is 11.5 Å². The first-order valence-corrected chi connectivity index (χ1v) is 9.08. The Balaban J connectivity index is 1.73. The second kappa shape index (κ2) is 8.49. The zero-order valence-corrected chi connectivity index (χ0v) is 16.1. The summed E-state index contributed by atoms with van der Waals surface area (Å²) in [6, 6.07) is 5.73. The van der Waals surface area contributed by atoms with Crippen molar-refractivity contribution in [1.29, 1.82) is 0 Å². The van der Waals surface area contributed by atoms with Gasteiger partial charge in [0, 0.05) is 0 Å². The van der Waals surface area contributed by atoms with Crippen LogP contribution >= 0.6 is 11.8 Å². The third kappa shape index (κ3) is 4.25. The number of carbonyl (C=O) groups is 3. The van der Waals surface area contributed by atoms with Gasteiger partial charge in [0.15, 0.2) is 29.0 Å². The number of ether oxygens (including phenoxy) is 1. The zero-order chi connectivity index (χ0) is 22.0. The number of rotatable bonds is 5. The molecule has 1 aliphatic heterocycles. The van der Waals surface area contributed by atoms with E-state index >= 15 is 0 Å². The van der Waals surface area contributed by atoms with Gasteiger partial charge in [0.2, 0.25) is 5.91 Å². The summed E-state index contributed by atoms with van der Waals surface area (Å²) in [5.41, 5.74) is -0.166. The number of halogens is 3. The molecular weight excluding hydrogens is 425 g/mol. The van der Waals surface area contributed by atoms with Gasteiger partial charge < -0.3 is 15.2 Å². The van der Waals surface area contributed by atoms with Crippen molar-refractivity contribution in [2.75, 3.05) is 19.0 Å². The standard InChI is InChI=1S/C19H13F3N2O5S/c1-29-13-6-9(2-5-12(13)25)7-14-18(27)24(19(28)30-14)8-15(26)23-11-4-3-10(20)16(21)17(11)22/h2-7,25H,8H2,1H3,(H,23,26)/b14-7+. The molecule has 0 spiro atoms. The highest BCUT2D eigenvalue weighted by atomic mass is 32.2. The van der Waals surface area contributed by atoms with Crippen molar-refractivity contribution in [2.24, 2.45) is 0 Å². The smallest absolute Gasteiger partial charge is 0.294 e. The number of amides is 3. The number of thioether (sulfide) groups is 1. The van der Waals surface area contributed by atoms with Crippen molar-refractivity contribution in [1.82, 2.24) is 4.90 Å². The van der Waals surface area contributed by atoms with Crippen molar-refractivity contribution in [3.8, 4) is 11.5 Å². The Morgan fingerprint density at radius 3 is 2.63 bits per heavy atom. The van der Waals surface area contributed by atoms with Crippen LogP contribution in [-0.2, 0) is 9.59 Å². The molecule has 0 saturated carbocycles. The summed E-state index contributed by atoms with van der Waals surface area (Å²) in [6.45, 7) is -0.751. The molecule has 11 heteroatoms. The van der Waals surface area contributed by atoms with E-state index < -0.39 is 46.7 Å². The molecular formula is C19H13F3N2O5S. The highest BCUT2D eigenvalue weighted by Crippen LogP contribution is 2.34. The molecule has 0 radical (unpaired) electrons. The molecule has 3 rings (SSSR count). The van der Waals surface area contributed by atoms with E-state index in [9.17, 15) is 32.7 Å². The number of phenols is 1. The van der Waals surface area contributed by atoms with Gasteiger partial charge in [-0.2, -0.15) is 0 Å². The Morgan fingerprint density at radius 1 is 1.20 bits per heavy atom. The van der Waals surface area contributed by atoms with E-state index in [-0.39, 0.29) is 16.4 Å². The van der Waals surface area contributed by atoms with Crippen LogP contribution in [0.1, 0.15) is 5.56 Å². The number of anilines is 1. The fraction of sp³-hybridized carbons (Fsp3) is 0.105. The van der Waals surface area contributed by atoms with E-state index in [4.69, 9.17) is 4.74 Å².